The zero-order valence-electron chi connectivity index (χ0n) is 12.7. The molecule has 1 aromatic carbocycles. The van der Waals surface area contributed by atoms with E-state index in [1.165, 1.54) is 16.6 Å². The van der Waals surface area contributed by atoms with Crippen LogP contribution in [0.5, 0.6) is 0 Å². The van der Waals surface area contributed by atoms with Crippen molar-refractivity contribution in [3.63, 3.8) is 0 Å². The van der Waals surface area contributed by atoms with Crippen LogP contribution >= 0.6 is 0 Å². The predicted octanol–water partition coefficient (Wildman–Crippen LogP) is 2.24. The maximum absolute atomic E-state index is 4.82. The number of rotatable bonds is 3. The van der Waals surface area contributed by atoms with Crippen molar-refractivity contribution in [2.75, 3.05) is 19.6 Å². The Kier molecular flexibility index (Phi) is 3.52. The van der Waals surface area contributed by atoms with Gasteiger partial charge in [0.2, 0.25) is 0 Å². The Balaban J connectivity index is 1.94. The molecule has 1 saturated heterocycles. The van der Waals surface area contributed by atoms with Crippen molar-refractivity contribution in [1.82, 2.24) is 20.0 Å². The molecule has 0 amide bonds. The summed E-state index contributed by atoms with van der Waals surface area (Å²) in [6.07, 6.45) is 0. The van der Waals surface area contributed by atoms with Crippen molar-refractivity contribution >= 4 is 10.9 Å². The van der Waals surface area contributed by atoms with Crippen molar-refractivity contribution in [2.45, 2.75) is 39.4 Å². The highest BCUT2D eigenvalue weighted by atomic mass is 15.3. The molecule has 1 aliphatic heterocycles. The fourth-order valence-corrected chi connectivity index (χ4v) is 3.05. The number of para-hydroxylation sites is 1. The smallest absolute Gasteiger partial charge is 0.0843 e. The van der Waals surface area contributed by atoms with E-state index in [1.54, 1.807) is 0 Å². The summed E-state index contributed by atoms with van der Waals surface area (Å²) in [5, 5.41) is 9.59. The molecule has 0 saturated carbocycles. The third-order valence-corrected chi connectivity index (χ3v) is 4.35. The number of fused-ring (bicyclic) bond motifs is 1. The standard InChI is InChI=1S/C16H24N4/c1-4-20-15-8-6-5-7-13(15)14(18-20)11-19-10-9-17-12-16(19,2)3/h5-8,17H,4,9-12H2,1-3H3. The molecule has 0 radical (unpaired) electrons. The minimum atomic E-state index is 0.190. The Morgan fingerprint density at radius 1 is 1.30 bits per heavy atom. The van der Waals surface area contributed by atoms with E-state index in [0.29, 0.717) is 0 Å². The lowest BCUT2D eigenvalue weighted by Gasteiger charge is -2.42. The van der Waals surface area contributed by atoms with Crippen LogP contribution in [-0.2, 0) is 13.1 Å². The molecular weight excluding hydrogens is 248 g/mol. The topological polar surface area (TPSA) is 33.1 Å². The van der Waals surface area contributed by atoms with E-state index in [2.05, 4.69) is 59.9 Å². The van der Waals surface area contributed by atoms with Gasteiger partial charge in [0.1, 0.15) is 0 Å². The first-order chi connectivity index (χ1) is 9.62. The van der Waals surface area contributed by atoms with Gasteiger partial charge in [0.05, 0.1) is 11.2 Å². The molecule has 0 aliphatic carbocycles. The van der Waals surface area contributed by atoms with Crippen LogP contribution in [0.15, 0.2) is 24.3 Å². The minimum absolute atomic E-state index is 0.190. The van der Waals surface area contributed by atoms with Gasteiger partial charge in [-0.1, -0.05) is 18.2 Å². The molecule has 0 bridgehead atoms. The van der Waals surface area contributed by atoms with Crippen LogP contribution in [0.2, 0.25) is 0 Å². The predicted molar refractivity (Wildman–Crippen MR) is 82.8 cm³/mol. The third-order valence-electron chi connectivity index (χ3n) is 4.35. The number of aromatic nitrogens is 2. The Bertz CT molecular complexity index is 600. The summed E-state index contributed by atoms with van der Waals surface area (Å²) in [6, 6.07) is 8.56. The second kappa shape index (κ2) is 5.19. The Hall–Kier alpha value is -1.39. The SMILES string of the molecule is CCn1nc(CN2CCNCC2(C)C)c2ccccc21. The van der Waals surface area contributed by atoms with Gasteiger partial charge in [-0.25, -0.2) is 0 Å². The second-order valence-corrected chi connectivity index (χ2v) is 6.19. The number of nitrogens with one attached hydrogen (secondary N) is 1. The maximum atomic E-state index is 4.82. The fraction of sp³-hybridized carbons (Fsp3) is 0.562. The largest absolute Gasteiger partial charge is 0.314 e. The first kappa shape index (κ1) is 13.6. The molecule has 4 heteroatoms. The van der Waals surface area contributed by atoms with Crippen LogP contribution in [0.1, 0.15) is 26.5 Å². The van der Waals surface area contributed by atoms with Crippen molar-refractivity contribution in [2.24, 2.45) is 0 Å². The summed E-state index contributed by atoms with van der Waals surface area (Å²) >= 11 is 0. The number of piperazine rings is 1. The highest BCUT2D eigenvalue weighted by Crippen LogP contribution is 2.24. The lowest BCUT2D eigenvalue weighted by atomic mass is 9.99. The molecule has 2 aromatic rings. The van der Waals surface area contributed by atoms with Crippen LogP contribution in [0.25, 0.3) is 10.9 Å². The molecule has 3 rings (SSSR count). The van der Waals surface area contributed by atoms with Crippen molar-refractivity contribution in [3.8, 4) is 0 Å². The molecular formula is C16H24N4. The van der Waals surface area contributed by atoms with Crippen LogP contribution in [0, 0.1) is 0 Å². The number of hydrogen-bond donors (Lipinski definition) is 1. The summed E-state index contributed by atoms with van der Waals surface area (Å²) in [7, 11) is 0. The van der Waals surface area contributed by atoms with E-state index < -0.39 is 0 Å². The fourth-order valence-electron chi connectivity index (χ4n) is 3.05. The molecule has 1 fully saturated rings. The van der Waals surface area contributed by atoms with Gasteiger partial charge in [0, 0.05) is 43.6 Å². The number of hydrogen-bond acceptors (Lipinski definition) is 3. The van der Waals surface area contributed by atoms with E-state index in [-0.39, 0.29) is 5.54 Å². The Morgan fingerprint density at radius 2 is 2.10 bits per heavy atom. The van der Waals surface area contributed by atoms with Gasteiger partial charge in [-0.2, -0.15) is 5.10 Å². The summed E-state index contributed by atoms with van der Waals surface area (Å²) in [6.45, 7) is 11.8. The summed E-state index contributed by atoms with van der Waals surface area (Å²) in [4.78, 5) is 2.54. The first-order valence-electron chi connectivity index (χ1n) is 7.52. The maximum Gasteiger partial charge on any atom is 0.0843 e. The highest BCUT2D eigenvalue weighted by molar-refractivity contribution is 5.81. The third kappa shape index (κ3) is 2.34. The van der Waals surface area contributed by atoms with Gasteiger partial charge in [-0.05, 0) is 26.8 Å². The van der Waals surface area contributed by atoms with Gasteiger partial charge in [-0.3, -0.25) is 9.58 Å². The normalized spacial score (nSPS) is 19.6. The van der Waals surface area contributed by atoms with Crippen molar-refractivity contribution in [3.05, 3.63) is 30.0 Å². The van der Waals surface area contributed by atoms with Crippen LogP contribution in [-0.4, -0.2) is 39.9 Å². The highest BCUT2D eigenvalue weighted by Gasteiger charge is 2.30. The van der Waals surface area contributed by atoms with Crippen molar-refractivity contribution < 1.29 is 0 Å². The van der Waals surface area contributed by atoms with Crippen LogP contribution in [0.3, 0.4) is 0 Å². The second-order valence-electron chi connectivity index (χ2n) is 6.19. The van der Waals surface area contributed by atoms with Gasteiger partial charge in [-0.15, -0.1) is 0 Å². The summed E-state index contributed by atoms with van der Waals surface area (Å²) in [5.74, 6) is 0. The van der Waals surface area contributed by atoms with E-state index in [9.17, 15) is 0 Å². The Morgan fingerprint density at radius 3 is 2.85 bits per heavy atom. The molecule has 1 aromatic heterocycles. The van der Waals surface area contributed by atoms with Gasteiger partial charge >= 0.3 is 0 Å². The van der Waals surface area contributed by atoms with Crippen molar-refractivity contribution in [1.29, 1.82) is 0 Å². The van der Waals surface area contributed by atoms with Gasteiger partial charge in [0.25, 0.3) is 0 Å². The average molecular weight is 272 g/mol. The van der Waals surface area contributed by atoms with Gasteiger partial charge in [0.15, 0.2) is 0 Å². The molecule has 0 unspecified atom stereocenters. The van der Waals surface area contributed by atoms with E-state index in [0.717, 1.165) is 32.7 Å². The quantitative estimate of drug-likeness (QED) is 0.930. The molecule has 0 spiro atoms. The molecule has 4 nitrogen and oxygen atoms in total. The van der Waals surface area contributed by atoms with Crippen LogP contribution < -0.4 is 5.32 Å². The molecule has 20 heavy (non-hydrogen) atoms. The van der Waals surface area contributed by atoms with E-state index in [4.69, 9.17) is 5.10 Å². The average Bonchev–Trinajstić information content (AvgIpc) is 2.79. The lowest BCUT2D eigenvalue weighted by molar-refractivity contribution is 0.0816. The monoisotopic (exact) mass is 272 g/mol. The zero-order valence-corrected chi connectivity index (χ0v) is 12.7. The number of aryl methyl sites for hydroxylation is 1. The molecule has 2 heterocycles. The summed E-state index contributed by atoms with van der Waals surface area (Å²) in [5.41, 5.74) is 2.64. The van der Waals surface area contributed by atoms with E-state index >= 15 is 0 Å². The molecule has 1 aliphatic rings. The lowest BCUT2D eigenvalue weighted by Crippen LogP contribution is -2.57. The Labute approximate surface area is 120 Å². The number of nitrogens with zero attached hydrogens (tertiary/aromatic N) is 3. The summed E-state index contributed by atoms with van der Waals surface area (Å²) < 4.78 is 2.11. The zero-order chi connectivity index (χ0) is 14.2. The molecule has 108 valence electrons. The number of benzene rings is 1. The molecule has 1 N–H and O–H groups in total. The van der Waals surface area contributed by atoms with Gasteiger partial charge < -0.3 is 5.32 Å². The van der Waals surface area contributed by atoms with E-state index in [1.807, 2.05) is 0 Å². The molecule has 0 atom stereocenters. The first-order valence-corrected chi connectivity index (χ1v) is 7.52. The van der Waals surface area contributed by atoms with Crippen LogP contribution in [0.4, 0.5) is 0 Å². The minimum Gasteiger partial charge on any atom is -0.314 e.